The summed E-state index contributed by atoms with van der Waals surface area (Å²) >= 11 is 0. The molecule has 3 atom stereocenters. The Morgan fingerprint density at radius 2 is 2.20 bits per heavy atom. The van der Waals surface area contributed by atoms with Crippen molar-refractivity contribution in [3.05, 3.63) is 30.1 Å². The third-order valence-corrected chi connectivity index (χ3v) is 4.96. The van der Waals surface area contributed by atoms with Crippen LogP contribution in [0.5, 0.6) is 0 Å². The van der Waals surface area contributed by atoms with E-state index in [-0.39, 0.29) is 0 Å². The smallest absolute Gasteiger partial charge is 0.170 e. The molecule has 4 rings (SSSR count). The average molecular weight is 270 g/mol. The van der Waals surface area contributed by atoms with Crippen molar-refractivity contribution in [3.63, 3.8) is 0 Å². The van der Waals surface area contributed by atoms with Gasteiger partial charge < -0.3 is 9.47 Å². The highest BCUT2D eigenvalue weighted by Crippen LogP contribution is 2.60. The summed E-state index contributed by atoms with van der Waals surface area (Å²) in [6.07, 6.45) is 6.10. The number of rotatable bonds is 2. The highest BCUT2D eigenvalue weighted by Gasteiger charge is 2.60. The SMILES string of the molecule is N#CCC1(c2ccccn2)CCOC2(CC3CC3C2)O1. The predicted molar refractivity (Wildman–Crippen MR) is 71.4 cm³/mol. The standard InChI is InChI=1S/C16H18N2O2/c17-6-4-15(14-3-1-2-7-18-14)5-8-19-16(20-15)10-12-9-13(12)11-16/h1-3,7,12-13H,4-5,8-11H2. The lowest BCUT2D eigenvalue weighted by molar-refractivity contribution is -0.333. The fraction of sp³-hybridized carbons (Fsp3) is 0.625. The van der Waals surface area contributed by atoms with Crippen LogP contribution in [0.3, 0.4) is 0 Å². The summed E-state index contributed by atoms with van der Waals surface area (Å²) in [6.45, 7) is 0.650. The van der Waals surface area contributed by atoms with E-state index in [1.54, 1.807) is 6.20 Å². The fourth-order valence-corrected chi connectivity index (χ4v) is 3.89. The minimum Gasteiger partial charge on any atom is -0.350 e. The van der Waals surface area contributed by atoms with Crippen LogP contribution in [0.25, 0.3) is 0 Å². The van der Waals surface area contributed by atoms with Crippen molar-refractivity contribution in [2.75, 3.05) is 6.61 Å². The van der Waals surface area contributed by atoms with Crippen LogP contribution in [-0.2, 0) is 15.1 Å². The van der Waals surface area contributed by atoms with Crippen LogP contribution < -0.4 is 0 Å². The molecule has 1 aromatic rings. The molecule has 0 N–H and O–H groups in total. The number of nitriles is 1. The van der Waals surface area contributed by atoms with E-state index in [2.05, 4.69) is 11.1 Å². The van der Waals surface area contributed by atoms with E-state index in [0.717, 1.165) is 30.4 Å². The maximum atomic E-state index is 9.24. The molecule has 2 heterocycles. The molecular formula is C16H18N2O2. The van der Waals surface area contributed by atoms with E-state index in [1.165, 1.54) is 6.42 Å². The zero-order valence-electron chi connectivity index (χ0n) is 11.4. The van der Waals surface area contributed by atoms with Crippen LogP contribution in [-0.4, -0.2) is 17.4 Å². The fourth-order valence-electron chi connectivity index (χ4n) is 3.89. The Morgan fingerprint density at radius 1 is 1.35 bits per heavy atom. The lowest BCUT2D eigenvalue weighted by atomic mass is 9.89. The Kier molecular flexibility index (Phi) is 2.63. The molecule has 1 aliphatic heterocycles. The first-order chi connectivity index (χ1) is 9.75. The minimum atomic E-state index is -0.592. The van der Waals surface area contributed by atoms with Crippen molar-refractivity contribution >= 4 is 0 Å². The van der Waals surface area contributed by atoms with Gasteiger partial charge in [0.25, 0.3) is 0 Å². The number of ether oxygens (including phenoxy) is 2. The summed E-state index contributed by atoms with van der Waals surface area (Å²) in [6, 6.07) is 8.10. The van der Waals surface area contributed by atoms with E-state index >= 15 is 0 Å². The predicted octanol–water partition coefficient (Wildman–Crippen LogP) is 2.75. The number of pyridine rings is 1. The lowest BCUT2D eigenvalue weighted by Gasteiger charge is -2.46. The zero-order valence-corrected chi connectivity index (χ0v) is 11.4. The number of hydrogen-bond donors (Lipinski definition) is 0. The molecule has 3 fully saturated rings. The average Bonchev–Trinajstić information content (AvgIpc) is 3.08. The van der Waals surface area contributed by atoms with Gasteiger partial charge in [0, 0.05) is 25.5 Å². The molecular weight excluding hydrogens is 252 g/mol. The molecule has 104 valence electrons. The minimum absolute atomic E-state index is 0.338. The lowest BCUT2D eigenvalue weighted by Crippen LogP contribution is -2.49. The number of fused-ring (bicyclic) bond motifs is 1. The van der Waals surface area contributed by atoms with Gasteiger partial charge in [-0.05, 0) is 30.4 Å². The second-order valence-corrected chi connectivity index (χ2v) is 6.32. The molecule has 4 heteroatoms. The number of aromatic nitrogens is 1. The first-order valence-electron chi connectivity index (χ1n) is 7.38. The monoisotopic (exact) mass is 270 g/mol. The van der Waals surface area contributed by atoms with E-state index < -0.39 is 11.4 Å². The third kappa shape index (κ3) is 1.85. The molecule has 1 spiro atoms. The molecule has 3 unspecified atom stereocenters. The summed E-state index contributed by atoms with van der Waals surface area (Å²) in [5, 5.41) is 9.24. The summed E-state index contributed by atoms with van der Waals surface area (Å²) in [7, 11) is 0. The van der Waals surface area contributed by atoms with Crippen LogP contribution in [0.15, 0.2) is 24.4 Å². The maximum absolute atomic E-state index is 9.24. The van der Waals surface area contributed by atoms with Crippen molar-refractivity contribution in [1.29, 1.82) is 5.26 Å². The Labute approximate surface area is 118 Å². The maximum Gasteiger partial charge on any atom is 0.170 e. The van der Waals surface area contributed by atoms with Gasteiger partial charge >= 0.3 is 0 Å². The zero-order chi connectivity index (χ0) is 13.6. The van der Waals surface area contributed by atoms with Crippen LogP contribution in [0.2, 0.25) is 0 Å². The first kappa shape index (κ1) is 12.3. The molecule has 1 aromatic heterocycles. The van der Waals surface area contributed by atoms with Crippen molar-refractivity contribution in [3.8, 4) is 6.07 Å². The van der Waals surface area contributed by atoms with Crippen molar-refractivity contribution in [1.82, 2.24) is 4.98 Å². The Morgan fingerprint density at radius 3 is 2.90 bits per heavy atom. The van der Waals surface area contributed by atoms with Crippen LogP contribution in [0.4, 0.5) is 0 Å². The Bertz CT molecular complexity index is 543. The van der Waals surface area contributed by atoms with Crippen molar-refractivity contribution in [2.45, 2.75) is 43.5 Å². The van der Waals surface area contributed by atoms with E-state index in [1.807, 2.05) is 18.2 Å². The van der Waals surface area contributed by atoms with Crippen molar-refractivity contribution in [2.24, 2.45) is 11.8 Å². The van der Waals surface area contributed by atoms with Crippen LogP contribution in [0.1, 0.15) is 37.8 Å². The quantitative estimate of drug-likeness (QED) is 0.829. The molecule has 0 aromatic carbocycles. The van der Waals surface area contributed by atoms with Gasteiger partial charge in [-0.15, -0.1) is 0 Å². The highest BCUT2D eigenvalue weighted by molar-refractivity contribution is 5.18. The van der Waals surface area contributed by atoms with Crippen LogP contribution >= 0.6 is 0 Å². The van der Waals surface area contributed by atoms with E-state index in [9.17, 15) is 5.26 Å². The third-order valence-electron chi connectivity index (χ3n) is 4.96. The number of nitrogens with zero attached hydrogens (tertiary/aromatic N) is 2. The topological polar surface area (TPSA) is 55.1 Å². The van der Waals surface area contributed by atoms with E-state index in [0.29, 0.717) is 19.4 Å². The van der Waals surface area contributed by atoms with Gasteiger partial charge in [-0.1, -0.05) is 6.07 Å². The van der Waals surface area contributed by atoms with Gasteiger partial charge in [0.2, 0.25) is 0 Å². The van der Waals surface area contributed by atoms with Gasteiger partial charge in [-0.2, -0.15) is 5.26 Å². The molecule has 3 aliphatic rings. The molecule has 1 saturated heterocycles. The highest BCUT2D eigenvalue weighted by atomic mass is 16.7. The van der Waals surface area contributed by atoms with Gasteiger partial charge in [-0.25, -0.2) is 0 Å². The normalized spacial score (nSPS) is 42.1. The molecule has 2 saturated carbocycles. The van der Waals surface area contributed by atoms with Crippen LogP contribution in [0, 0.1) is 23.2 Å². The van der Waals surface area contributed by atoms with Crippen molar-refractivity contribution < 1.29 is 9.47 Å². The molecule has 4 nitrogen and oxygen atoms in total. The van der Waals surface area contributed by atoms with Gasteiger partial charge in [0.1, 0.15) is 5.60 Å². The molecule has 0 amide bonds. The molecule has 0 radical (unpaired) electrons. The molecule has 0 bridgehead atoms. The Hall–Kier alpha value is -1.44. The largest absolute Gasteiger partial charge is 0.350 e. The summed E-state index contributed by atoms with van der Waals surface area (Å²) in [5.74, 6) is 1.09. The van der Waals surface area contributed by atoms with Gasteiger partial charge in [0.05, 0.1) is 24.8 Å². The van der Waals surface area contributed by atoms with Gasteiger partial charge in [0.15, 0.2) is 5.79 Å². The second kappa shape index (κ2) is 4.28. The molecule has 20 heavy (non-hydrogen) atoms. The summed E-state index contributed by atoms with van der Waals surface area (Å²) < 4.78 is 12.4. The van der Waals surface area contributed by atoms with E-state index in [4.69, 9.17) is 9.47 Å². The second-order valence-electron chi connectivity index (χ2n) is 6.32. The summed E-state index contributed by atoms with van der Waals surface area (Å²) in [4.78, 5) is 4.45. The first-order valence-corrected chi connectivity index (χ1v) is 7.38. The summed E-state index contributed by atoms with van der Waals surface area (Å²) in [5.41, 5.74) is 0.273. The number of hydrogen-bond acceptors (Lipinski definition) is 4. The Balaban J connectivity index is 1.67. The van der Waals surface area contributed by atoms with Gasteiger partial charge in [-0.3, -0.25) is 4.98 Å². The molecule has 2 aliphatic carbocycles.